The van der Waals surface area contributed by atoms with Crippen molar-refractivity contribution in [2.24, 2.45) is 0 Å². The zero-order valence-corrected chi connectivity index (χ0v) is 17.8. The molecule has 0 spiro atoms. The van der Waals surface area contributed by atoms with E-state index in [1.165, 1.54) is 0 Å². The molecule has 1 unspecified atom stereocenters. The van der Waals surface area contributed by atoms with Crippen LogP contribution in [0.15, 0.2) is 42.7 Å². The summed E-state index contributed by atoms with van der Waals surface area (Å²) in [6.07, 6.45) is 1.54. The van der Waals surface area contributed by atoms with Crippen LogP contribution in [0.2, 0.25) is 0 Å². The molecule has 0 aliphatic carbocycles. The summed E-state index contributed by atoms with van der Waals surface area (Å²) in [5.74, 6) is 1.60. The van der Waals surface area contributed by atoms with Crippen LogP contribution < -0.4 is 10.2 Å². The molecule has 0 saturated carbocycles. The fourth-order valence-electron chi connectivity index (χ4n) is 3.65. The van der Waals surface area contributed by atoms with Gasteiger partial charge in [0.15, 0.2) is 0 Å². The second kappa shape index (κ2) is 8.14. The summed E-state index contributed by atoms with van der Waals surface area (Å²) in [5, 5.41) is 7.98. The van der Waals surface area contributed by atoms with Gasteiger partial charge < -0.3 is 15.1 Å². The number of rotatable bonds is 5. The third kappa shape index (κ3) is 4.12. The third-order valence-electron chi connectivity index (χ3n) is 5.45. The fraction of sp³-hybridized carbons (Fsp3) is 0.364. The number of carbonyl (C=O) groups excluding carboxylic acids is 1. The molecule has 1 aliphatic heterocycles. The van der Waals surface area contributed by atoms with Gasteiger partial charge >= 0.3 is 0 Å². The number of amides is 1. The SMILES string of the molecule is Cc1cc(C)n(-c2ccc(C(C)Nc3cc(N4CCN(C)C(=O)C4)ncn3)cc2)n1. The lowest BCUT2D eigenvalue weighted by molar-refractivity contribution is -0.129. The molecule has 8 heteroatoms. The Hall–Kier alpha value is -3.42. The fourth-order valence-corrected chi connectivity index (χ4v) is 3.65. The normalized spacial score (nSPS) is 15.4. The van der Waals surface area contributed by atoms with Crippen molar-refractivity contribution in [1.29, 1.82) is 0 Å². The third-order valence-corrected chi connectivity index (χ3v) is 5.45. The average molecular weight is 406 g/mol. The molecule has 1 amide bonds. The number of piperazine rings is 1. The summed E-state index contributed by atoms with van der Waals surface area (Å²) >= 11 is 0. The Kier molecular flexibility index (Phi) is 5.39. The van der Waals surface area contributed by atoms with Gasteiger partial charge in [0.2, 0.25) is 5.91 Å². The minimum atomic E-state index is 0.0661. The number of nitrogens with one attached hydrogen (secondary N) is 1. The molecule has 1 aliphatic rings. The topological polar surface area (TPSA) is 79.2 Å². The molecular formula is C22H27N7O. The van der Waals surface area contributed by atoms with Crippen LogP contribution in [-0.4, -0.2) is 57.2 Å². The van der Waals surface area contributed by atoms with Gasteiger partial charge in [-0.15, -0.1) is 0 Å². The molecule has 1 aromatic carbocycles. The molecule has 1 fully saturated rings. The Morgan fingerprint density at radius 1 is 1.07 bits per heavy atom. The average Bonchev–Trinajstić information content (AvgIpc) is 3.08. The van der Waals surface area contributed by atoms with Crippen LogP contribution in [0.25, 0.3) is 5.69 Å². The van der Waals surface area contributed by atoms with E-state index in [4.69, 9.17) is 0 Å². The van der Waals surface area contributed by atoms with Crippen molar-refractivity contribution < 1.29 is 4.79 Å². The van der Waals surface area contributed by atoms with Gasteiger partial charge in [0.25, 0.3) is 0 Å². The molecule has 8 nitrogen and oxygen atoms in total. The first kappa shape index (κ1) is 19.9. The Bertz CT molecular complexity index is 1040. The number of hydrogen-bond donors (Lipinski definition) is 1. The lowest BCUT2D eigenvalue weighted by atomic mass is 10.1. The highest BCUT2D eigenvalue weighted by Crippen LogP contribution is 2.22. The van der Waals surface area contributed by atoms with Gasteiger partial charge in [-0.2, -0.15) is 5.10 Å². The standard InChI is InChI=1S/C22H27N7O/c1-15-11-16(2)29(26-15)19-7-5-18(6-8-19)17(3)25-20-12-21(24-14-23-20)28-10-9-27(4)22(30)13-28/h5-8,11-12,14,17H,9-10,13H2,1-4H3,(H,23,24,25). The zero-order chi connectivity index (χ0) is 21.3. The first-order valence-corrected chi connectivity index (χ1v) is 10.1. The number of carbonyl (C=O) groups is 1. The molecule has 0 radical (unpaired) electrons. The summed E-state index contributed by atoms with van der Waals surface area (Å²) in [5.41, 5.74) is 4.31. The molecule has 156 valence electrons. The van der Waals surface area contributed by atoms with Crippen molar-refractivity contribution in [2.75, 3.05) is 36.9 Å². The van der Waals surface area contributed by atoms with Crippen molar-refractivity contribution >= 4 is 17.5 Å². The van der Waals surface area contributed by atoms with E-state index in [9.17, 15) is 4.79 Å². The van der Waals surface area contributed by atoms with Crippen molar-refractivity contribution in [3.8, 4) is 5.69 Å². The van der Waals surface area contributed by atoms with Gasteiger partial charge in [-0.1, -0.05) is 12.1 Å². The maximum atomic E-state index is 12.0. The summed E-state index contributed by atoms with van der Waals surface area (Å²) in [6.45, 7) is 7.96. The molecule has 3 aromatic rings. The second-order valence-electron chi connectivity index (χ2n) is 7.79. The van der Waals surface area contributed by atoms with Gasteiger partial charge in [-0.05, 0) is 44.5 Å². The Morgan fingerprint density at radius 2 is 1.83 bits per heavy atom. The lowest BCUT2D eigenvalue weighted by Crippen LogP contribution is -2.48. The second-order valence-corrected chi connectivity index (χ2v) is 7.79. The Balaban J connectivity index is 1.45. The minimum absolute atomic E-state index is 0.0661. The first-order chi connectivity index (χ1) is 14.4. The maximum absolute atomic E-state index is 12.0. The molecule has 1 N–H and O–H groups in total. The van der Waals surface area contributed by atoms with Crippen molar-refractivity contribution in [3.05, 3.63) is 59.7 Å². The summed E-state index contributed by atoms with van der Waals surface area (Å²) in [7, 11) is 1.83. The van der Waals surface area contributed by atoms with Crippen molar-refractivity contribution in [3.63, 3.8) is 0 Å². The van der Waals surface area contributed by atoms with Crippen LogP contribution in [0, 0.1) is 13.8 Å². The van der Waals surface area contributed by atoms with E-state index in [0.717, 1.165) is 40.8 Å². The van der Waals surface area contributed by atoms with Gasteiger partial charge in [0.1, 0.15) is 18.0 Å². The quantitative estimate of drug-likeness (QED) is 0.703. The predicted octanol–water partition coefficient (Wildman–Crippen LogP) is 2.73. The molecule has 30 heavy (non-hydrogen) atoms. The largest absolute Gasteiger partial charge is 0.363 e. The van der Waals surface area contributed by atoms with Gasteiger partial charge in [0.05, 0.1) is 17.9 Å². The van der Waals surface area contributed by atoms with Crippen molar-refractivity contribution in [1.82, 2.24) is 24.6 Å². The number of nitrogens with zero attached hydrogens (tertiary/aromatic N) is 6. The highest BCUT2D eigenvalue weighted by atomic mass is 16.2. The highest BCUT2D eigenvalue weighted by Gasteiger charge is 2.22. The predicted molar refractivity (Wildman–Crippen MR) is 117 cm³/mol. The summed E-state index contributed by atoms with van der Waals surface area (Å²) in [6, 6.07) is 12.4. The van der Waals surface area contributed by atoms with E-state index in [1.54, 1.807) is 11.2 Å². The molecule has 1 saturated heterocycles. The Labute approximate surface area is 176 Å². The van der Waals surface area contributed by atoms with E-state index in [1.807, 2.05) is 29.6 Å². The number of aryl methyl sites for hydroxylation is 2. The number of aromatic nitrogens is 4. The van der Waals surface area contributed by atoms with E-state index in [2.05, 4.69) is 64.6 Å². The van der Waals surface area contributed by atoms with E-state index in [-0.39, 0.29) is 11.9 Å². The zero-order valence-electron chi connectivity index (χ0n) is 17.8. The first-order valence-electron chi connectivity index (χ1n) is 10.1. The smallest absolute Gasteiger partial charge is 0.241 e. The number of likely N-dealkylation sites (N-methyl/N-ethyl adjacent to an activating group) is 1. The van der Waals surface area contributed by atoms with Gasteiger partial charge in [0, 0.05) is 37.9 Å². The van der Waals surface area contributed by atoms with E-state index >= 15 is 0 Å². The van der Waals surface area contributed by atoms with E-state index in [0.29, 0.717) is 13.1 Å². The monoisotopic (exact) mass is 405 g/mol. The van der Waals surface area contributed by atoms with E-state index < -0.39 is 0 Å². The van der Waals surface area contributed by atoms with Crippen LogP contribution in [0.4, 0.5) is 11.6 Å². The summed E-state index contributed by atoms with van der Waals surface area (Å²) in [4.78, 5) is 24.4. The highest BCUT2D eigenvalue weighted by molar-refractivity contribution is 5.82. The Morgan fingerprint density at radius 3 is 2.50 bits per heavy atom. The lowest BCUT2D eigenvalue weighted by Gasteiger charge is -2.32. The van der Waals surface area contributed by atoms with Gasteiger partial charge in [-0.25, -0.2) is 14.6 Å². The van der Waals surface area contributed by atoms with Crippen LogP contribution in [0.1, 0.15) is 29.9 Å². The molecule has 2 aromatic heterocycles. The minimum Gasteiger partial charge on any atom is -0.363 e. The summed E-state index contributed by atoms with van der Waals surface area (Å²) < 4.78 is 1.95. The van der Waals surface area contributed by atoms with Crippen LogP contribution in [0.5, 0.6) is 0 Å². The van der Waals surface area contributed by atoms with Crippen LogP contribution >= 0.6 is 0 Å². The molecular weight excluding hydrogens is 378 g/mol. The van der Waals surface area contributed by atoms with Crippen LogP contribution in [-0.2, 0) is 4.79 Å². The molecule has 4 rings (SSSR count). The van der Waals surface area contributed by atoms with Gasteiger partial charge in [-0.3, -0.25) is 4.79 Å². The molecule has 1 atom stereocenters. The van der Waals surface area contributed by atoms with Crippen LogP contribution in [0.3, 0.4) is 0 Å². The molecule has 0 bridgehead atoms. The maximum Gasteiger partial charge on any atom is 0.241 e. The number of anilines is 2. The number of hydrogen-bond acceptors (Lipinski definition) is 6. The van der Waals surface area contributed by atoms with Crippen molar-refractivity contribution in [2.45, 2.75) is 26.8 Å². The molecule has 3 heterocycles. The number of benzene rings is 1.